The molecule has 1 amide bonds. The minimum absolute atomic E-state index is 0.136. The molecule has 0 radical (unpaired) electrons. The summed E-state index contributed by atoms with van der Waals surface area (Å²) in [6, 6.07) is 13.0. The van der Waals surface area contributed by atoms with Gasteiger partial charge in [0.1, 0.15) is 17.6 Å². The molecule has 0 saturated heterocycles. The molecule has 0 saturated carbocycles. The fraction of sp³-hybridized carbons (Fsp3) is 0.333. The van der Waals surface area contributed by atoms with Gasteiger partial charge >= 0.3 is 0 Å². The third-order valence-electron chi connectivity index (χ3n) is 4.70. The summed E-state index contributed by atoms with van der Waals surface area (Å²) < 4.78 is 11.3. The second-order valence-electron chi connectivity index (χ2n) is 6.37. The number of hydrogen-bond donors (Lipinski definition) is 0. The highest BCUT2D eigenvalue weighted by molar-refractivity contribution is 5.99. The van der Waals surface area contributed by atoms with Crippen LogP contribution in [0.5, 0.6) is 11.5 Å². The molecule has 5 heteroatoms. The third-order valence-corrected chi connectivity index (χ3v) is 4.70. The lowest BCUT2D eigenvalue weighted by Crippen LogP contribution is -2.43. The zero-order valence-electron chi connectivity index (χ0n) is 15.3. The van der Waals surface area contributed by atoms with Crippen molar-refractivity contribution < 1.29 is 14.3 Å². The molecule has 1 unspecified atom stereocenters. The van der Waals surface area contributed by atoms with Crippen molar-refractivity contribution in [2.45, 2.75) is 32.8 Å². The first kappa shape index (κ1) is 17.8. The van der Waals surface area contributed by atoms with Crippen LogP contribution >= 0.6 is 0 Å². The number of hydrogen-bond acceptors (Lipinski definition) is 4. The fourth-order valence-corrected chi connectivity index (χ4v) is 3.36. The van der Waals surface area contributed by atoms with E-state index in [1.807, 2.05) is 12.1 Å². The van der Waals surface area contributed by atoms with Gasteiger partial charge in [-0.15, -0.1) is 0 Å². The first-order chi connectivity index (χ1) is 12.6. The summed E-state index contributed by atoms with van der Waals surface area (Å²) >= 11 is 0. The van der Waals surface area contributed by atoms with Gasteiger partial charge in [-0.2, -0.15) is 5.26 Å². The van der Waals surface area contributed by atoms with Gasteiger partial charge in [-0.05, 0) is 56.0 Å². The highest BCUT2D eigenvalue weighted by Crippen LogP contribution is 2.38. The Balaban J connectivity index is 1.90. The van der Waals surface area contributed by atoms with E-state index in [1.165, 1.54) is 0 Å². The van der Waals surface area contributed by atoms with Crippen LogP contribution in [-0.4, -0.2) is 25.7 Å². The predicted molar refractivity (Wildman–Crippen MR) is 99.7 cm³/mol. The maximum Gasteiger partial charge on any atom is 0.267 e. The number of ether oxygens (including phenoxy) is 2. The van der Waals surface area contributed by atoms with Gasteiger partial charge < -0.3 is 14.4 Å². The van der Waals surface area contributed by atoms with Crippen molar-refractivity contribution in [1.29, 1.82) is 5.26 Å². The van der Waals surface area contributed by atoms with Gasteiger partial charge in [-0.1, -0.05) is 18.2 Å². The molecule has 0 spiro atoms. The van der Waals surface area contributed by atoms with Crippen molar-refractivity contribution in [2.75, 3.05) is 18.6 Å². The van der Waals surface area contributed by atoms with E-state index < -0.39 is 6.10 Å². The van der Waals surface area contributed by atoms with Crippen LogP contribution in [0.4, 0.5) is 5.69 Å². The lowest BCUT2D eigenvalue weighted by atomic mass is 9.96. The van der Waals surface area contributed by atoms with Crippen molar-refractivity contribution in [3.8, 4) is 17.6 Å². The van der Waals surface area contributed by atoms with Gasteiger partial charge in [-0.25, -0.2) is 0 Å². The van der Waals surface area contributed by atoms with Crippen molar-refractivity contribution in [1.82, 2.24) is 0 Å². The van der Waals surface area contributed by atoms with Gasteiger partial charge in [0.15, 0.2) is 6.10 Å². The molecule has 134 valence electrons. The summed E-state index contributed by atoms with van der Waals surface area (Å²) in [5, 5.41) is 9.21. The van der Waals surface area contributed by atoms with Crippen LogP contribution in [0, 0.1) is 18.3 Å². The SMILES string of the molecule is COc1ccc(C)c2c1N(C(=O)C(C)Oc1ccccc1C#N)CCC2. The fourth-order valence-electron chi connectivity index (χ4n) is 3.36. The first-order valence-electron chi connectivity index (χ1n) is 8.70. The van der Waals surface area contributed by atoms with E-state index in [0.29, 0.717) is 23.6 Å². The average molecular weight is 350 g/mol. The standard InChI is InChI=1S/C21H22N2O3/c1-14-10-11-19(25-3)20-17(14)8-6-12-23(20)21(24)15(2)26-18-9-5-4-7-16(18)13-22/h4-5,7,9-11,15H,6,8,12H2,1-3H3. The maximum atomic E-state index is 13.1. The zero-order valence-corrected chi connectivity index (χ0v) is 15.3. The smallest absolute Gasteiger partial charge is 0.267 e. The Hall–Kier alpha value is -3.00. The van der Waals surface area contributed by atoms with Crippen LogP contribution in [0.1, 0.15) is 30.0 Å². The lowest BCUT2D eigenvalue weighted by molar-refractivity contribution is -0.124. The summed E-state index contributed by atoms with van der Waals surface area (Å²) in [6.07, 6.45) is 1.11. The van der Waals surface area contributed by atoms with Crippen molar-refractivity contribution in [2.24, 2.45) is 0 Å². The normalized spacial score (nSPS) is 14.2. The molecule has 0 bridgehead atoms. The molecule has 26 heavy (non-hydrogen) atoms. The number of rotatable bonds is 4. The van der Waals surface area contributed by atoms with Gasteiger partial charge in [0.05, 0.1) is 18.4 Å². The van der Waals surface area contributed by atoms with Crippen LogP contribution in [0.15, 0.2) is 36.4 Å². The second kappa shape index (κ2) is 7.49. The number of carbonyl (C=O) groups excluding carboxylic acids is 1. The molecule has 2 aromatic carbocycles. The molecule has 0 N–H and O–H groups in total. The van der Waals surface area contributed by atoms with E-state index in [4.69, 9.17) is 9.47 Å². The lowest BCUT2D eigenvalue weighted by Gasteiger charge is -2.33. The Morgan fingerprint density at radius 3 is 2.73 bits per heavy atom. The number of nitrogens with zero attached hydrogens (tertiary/aromatic N) is 2. The van der Waals surface area contributed by atoms with E-state index >= 15 is 0 Å². The van der Waals surface area contributed by atoms with Crippen LogP contribution in [-0.2, 0) is 11.2 Å². The summed E-state index contributed by atoms with van der Waals surface area (Å²) in [4.78, 5) is 14.9. The third kappa shape index (κ3) is 3.23. The minimum Gasteiger partial charge on any atom is -0.495 e. The second-order valence-corrected chi connectivity index (χ2v) is 6.37. The molecule has 2 aromatic rings. The molecule has 1 heterocycles. The Bertz CT molecular complexity index is 870. The topological polar surface area (TPSA) is 62.6 Å². The first-order valence-corrected chi connectivity index (χ1v) is 8.70. The molecular formula is C21H22N2O3. The zero-order chi connectivity index (χ0) is 18.7. The largest absolute Gasteiger partial charge is 0.495 e. The minimum atomic E-state index is -0.708. The predicted octanol–water partition coefficient (Wildman–Crippen LogP) is 3.62. The Morgan fingerprint density at radius 1 is 1.23 bits per heavy atom. The van der Waals surface area contributed by atoms with Gasteiger partial charge in [0, 0.05) is 6.54 Å². The van der Waals surface area contributed by atoms with Crippen LogP contribution in [0.3, 0.4) is 0 Å². The molecule has 3 rings (SSSR count). The highest BCUT2D eigenvalue weighted by Gasteiger charge is 2.31. The van der Waals surface area contributed by atoms with Gasteiger partial charge in [0.2, 0.25) is 0 Å². The molecule has 1 aliphatic heterocycles. The van der Waals surface area contributed by atoms with Gasteiger partial charge in [0.25, 0.3) is 5.91 Å². The van der Waals surface area contributed by atoms with Gasteiger partial charge in [-0.3, -0.25) is 4.79 Å². The number of benzene rings is 2. The average Bonchev–Trinajstić information content (AvgIpc) is 2.68. The van der Waals surface area contributed by atoms with Crippen LogP contribution in [0.2, 0.25) is 0 Å². The monoisotopic (exact) mass is 350 g/mol. The molecular weight excluding hydrogens is 328 g/mol. The van der Waals surface area contributed by atoms with E-state index in [0.717, 1.165) is 29.7 Å². The Morgan fingerprint density at radius 2 is 2.00 bits per heavy atom. The number of fused-ring (bicyclic) bond motifs is 1. The summed E-state index contributed by atoms with van der Waals surface area (Å²) in [7, 11) is 1.62. The molecule has 5 nitrogen and oxygen atoms in total. The number of aryl methyl sites for hydroxylation is 1. The highest BCUT2D eigenvalue weighted by atomic mass is 16.5. The number of amides is 1. The van der Waals surface area contributed by atoms with E-state index in [1.54, 1.807) is 43.2 Å². The number of methoxy groups -OCH3 is 1. The van der Waals surface area contributed by atoms with E-state index in [2.05, 4.69) is 13.0 Å². The number of anilines is 1. The summed E-state index contributed by atoms with van der Waals surface area (Å²) in [6.45, 7) is 4.39. The summed E-state index contributed by atoms with van der Waals surface area (Å²) in [5.74, 6) is 0.982. The molecule has 0 aliphatic carbocycles. The van der Waals surface area contributed by atoms with Crippen molar-refractivity contribution in [3.63, 3.8) is 0 Å². The van der Waals surface area contributed by atoms with E-state index in [-0.39, 0.29) is 5.91 Å². The van der Waals surface area contributed by atoms with Crippen LogP contribution < -0.4 is 14.4 Å². The molecule has 0 aromatic heterocycles. The summed E-state index contributed by atoms with van der Waals surface area (Å²) in [5.41, 5.74) is 3.56. The number of nitriles is 1. The molecule has 1 aliphatic rings. The van der Waals surface area contributed by atoms with E-state index in [9.17, 15) is 10.1 Å². The quantitative estimate of drug-likeness (QED) is 0.845. The maximum absolute atomic E-state index is 13.1. The number of para-hydroxylation sites is 1. The Labute approximate surface area is 153 Å². The Kier molecular flexibility index (Phi) is 5.13. The van der Waals surface area contributed by atoms with Crippen LogP contribution in [0.25, 0.3) is 0 Å². The molecule has 0 fully saturated rings. The number of carbonyl (C=O) groups is 1. The van der Waals surface area contributed by atoms with Crippen molar-refractivity contribution in [3.05, 3.63) is 53.1 Å². The van der Waals surface area contributed by atoms with Crippen molar-refractivity contribution >= 4 is 11.6 Å². The molecule has 1 atom stereocenters.